The zero-order valence-corrected chi connectivity index (χ0v) is 15.2. The molecule has 1 aromatic rings. The number of hydrogen-bond acceptors (Lipinski definition) is 4. The standard InChI is InChI=1S/C18H26N2O3S/c1-3-4-5-16-18(23)19(2)10-11-20(16)17(22)14-6-8-15(9-7-14)24-13-12-21/h6-9,16,21H,3-5,10-13H2,1-2H3/t16-/m0/s1. The van der Waals surface area contributed by atoms with Crippen LogP contribution in [0.5, 0.6) is 0 Å². The summed E-state index contributed by atoms with van der Waals surface area (Å²) in [6.45, 7) is 3.38. The lowest BCUT2D eigenvalue weighted by atomic mass is 10.0. The van der Waals surface area contributed by atoms with Gasteiger partial charge in [-0.1, -0.05) is 19.8 Å². The predicted molar refractivity (Wildman–Crippen MR) is 96.2 cm³/mol. The van der Waals surface area contributed by atoms with Crippen molar-refractivity contribution in [3.63, 3.8) is 0 Å². The summed E-state index contributed by atoms with van der Waals surface area (Å²) in [5, 5.41) is 8.87. The number of carbonyl (C=O) groups is 2. The average molecular weight is 350 g/mol. The summed E-state index contributed by atoms with van der Waals surface area (Å²) in [4.78, 5) is 29.8. The van der Waals surface area contributed by atoms with Gasteiger partial charge in [0.15, 0.2) is 0 Å². The van der Waals surface area contributed by atoms with Crippen molar-refractivity contribution < 1.29 is 14.7 Å². The Hall–Kier alpha value is -1.53. The summed E-state index contributed by atoms with van der Waals surface area (Å²) in [5.41, 5.74) is 0.613. The molecule has 5 nitrogen and oxygen atoms in total. The highest BCUT2D eigenvalue weighted by Crippen LogP contribution is 2.22. The van der Waals surface area contributed by atoms with Crippen molar-refractivity contribution in [3.05, 3.63) is 29.8 Å². The summed E-state index contributed by atoms with van der Waals surface area (Å²) < 4.78 is 0. The van der Waals surface area contributed by atoms with E-state index < -0.39 is 0 Å². The number of piperazine rings is 1. The smallest absolute Gasteiger partial charge is 0.254 e. The molecule has 0 spiro atoms. The van der Waals surface area contributed by atoms with Gasteiger partial charge < -0.3 is 14.9 Å². The van der Waals surface area contributed by atoms with E-state index in [1.807, 2.05) is 24.3 Å². The van der Waals surface area contributed by atoms with Crippen molar-refractivity contribution in [2.75, 3.05) is 32.5 Å². The second-order valence-corrected chi connectivity index (χ2v) is 7.18. The topological polar surface area (TPSA) is 60.9 Å². The number of amides is 2. The Balaban J connectivity index is 2.11. The van der Waals surface area contributed by atoms with Gasteiger partial charge in [-0.15, -0.1) is 11.8 Å². The molecule has 0 unspecified atom stereocenters. The van der Waals surface area contributed by atoms with Crippen molar-refractivity contribution in [2.45, 2.75) is 37.1 Å². The van der Waals surface area contributed by atoms with Crippen molar-refractivity contribution in [2.24, 2.45) is 0 Å². The monoisotopic (exact) mass is 350 g/mol. The lowest BCUT2D eigenvalue weighted by Gasteiger charge is -2.39. The van der Waals surface area contributed by atoms with E-state index in [0.29, 0.717) is 24.4 Å². The molecule has 1 fully saturated rings. The van der Waals surface area contributed by atoms with Crippen molar-refractivity contribution in [1.29, 1.82) is 0 Å². The van der Waals surface area contributed by atoms with E-state index in [2.05, 4.69) is 6.92 Å². The van der Waals surface area contributed by atoms with Gasteiger partial charge in [0, 0.05) is 36.3 Å². The molecular formula is C18H26N2O3S. The molecule has 6 heteroatoms. The van der Waals surface area contributed by atoms with E-state index in [4.69, 9.17) is 5.11 Å². The van der Waals surface area contributed by atoms with Gasteiger partial charge in [0.1, 0.15) is 6.04 Å². The Morgan fingerprint density at radius 3 is 2.62 bits per heavy atom. The van der Waals surface area contributed by atoms with Crippen LogP contribution < -0.4 is 0 Å². The van der Waals surface area contributed by atoms with E-state index in [0.717, 1.165) is 24.2 Å². The quantitative estimate of drug-likeness (QED) is 0.766. The first kappa shape index (κ1) is 18.8. The van der Waals surface area contributed by atoms with Gasteiger partial charge in [-0.2, -0.15) is 0 Å². The molecule has 1 aliphatic heterocycles. The largest absolute Gasteiger partial charge is 0.396 e. The molecule has 2 rings (SSSR count). The Morgan fingerprint density at radius 1 is 1.29 bits per heavy atom. The molecular weight excluding hydrogens is 324 g/mol. The molecule has 1 N–H and O–H groups in total. The SMILES string of the molecule is CCCC[C@H]1C(=O)N(C)CCN1C(=O)c1ccc(SCCO)cc1. The summed E-state index contributed by atoms with van der Waals surface area (Å²) >= 11 is 1.55. The molecule has 0 saturated carbocycles. The molecule has 1 saturated heterocycles. The Bertz CT molecular complexity index is 562. The molecule has 24 heavy (non-hydrogen) atoms. The van der Waals surface area contributed by atoms with E-state index >= 15 is 0 Å². The van der Waals surface area contributed by atoms with Gasteiger partial charge in [-0.05, 0) is 30.7 Å². The number of aliphatic hydroxyl groups is 1. The predicted octanol–water partition coefficient (Wildman–Crippen LogP) is 2.24. The van der Waals surface area contributed by atoms with E-state index in [9.17, 15) is 9.59 Å². The van der Waals surface area contributed by atoms with E-state index in [1.165, 1.54) is 0 Å². The lowest BCUT2D eigenvalue weighted by molar-refractivity contribution is -0.138. The minimum atomic E-state index is -0.348. The van der Waals surface area contributed by atoms with Crippen LogP contribution in [0.4, 0.5) is 0 Å². The van der Waals surface area contributed by atoms with Crippen molar-refractivity contribution in [1.82, 2.24) is 9.80 Å². The van der Waals surface area contributed by atoms with Gasteiger partial charge in [0.25, 0.3) is 5.91 Å². The first-order valence-corrected chi connectivity index (χ1v) is 9.46. The normalized spacial score (nSPS) is 18.1. The summed E-state index contributed by atoms with van der Waals surface area (Å²) in [7, 11) is 1.80. The number of nitrogens with zero attached hydrogens (tertiary/aromatic N) is 2. The fourth-order valence-corrected chi connectivity index (χ4v) is 3.51. The number of carbonyl (C=O) groups excluding carboxylic acids is 2. The highest BCUT2D eigenvalue weighted by Gasteiger charge is 2.35. The fourth-order valence-electron chi connectivity index (χ4n) is 2.85. The maximum Gasteiger partial charge on any atom is 0.254 e. The van der Waals surface area contributed by atoms with Crippen LogP contribution in [0, 0.1) is 0 Å². The second kappa shape index (κ2) is 9.08. The molecule has 2 amide bonds. The van der Waals surface area contributed by atoms with Gasteiger partial charge >= 0.3 is 0 Å². The minimum Gasteiger partial charge on any atom is -0.396 e. The number of thioether (sulfide) groups is 1. The highest BCUT2D eigenvalue weighted by atomic mass is 32.2. The second-order valence-electron chi connectivity index (χ2n) is 6.01. The Morgan fingerprint density at radius 2 is 2.00 bits per heavy atom. The van der Waals surface area contributed by atoms with Gasteiger partial charge in [-0.3, -0.25) is 9.59 Å². The average Bonchev–Trinajstić information content (AvgIpc) is 2.61. The molecule has 1 aliphatic rings. The van der Waals surface area contributed by atoms with Crippen LogP contribution in [0.25, 0.3) is 0 Å². The van der Waals surface area contributed by atoms with E-state index in [1.54, 1.807) is 28.6 Å². The van der Waals surface area contributed by atoms with Gasteiger partial charge in [-0.25, -0.2) is 0 Å². The van der Waals surface area contributed by atoms with Crippen LogP contribution in [0.3, 0.4) is 0 Å². The van der Waals surface area contributed by atoms with Crippen LogP contribution in [0.1, 0.15) is 36.5 Å². The zero-order valence-electron chi connectivity index (χ0n) is 14.4. The number of hydrogen-bond donors (Lipinski definition) is 1. The third-order valence-electron chi connectivity index (χ3n) is 4.27. The Kier molecular flexibility index (Phi) is 7.12. The summed E-state index contributed by atoms with van der Waals surface area (Å²) in [6, 6.07) is 7.06. The van der Waals surface area contributed by atoms with Crippen molar-refractivity contribution >= 4 is 23.6 Å². The van der Waals surface area contributed by atoms with Crippen LogP contribution in [0.2, 0.25) is 0 Å². The number of benzene rings is 1. The highest BCUT2D eigenvalue weighted by molar-refractivity contribution is 7.99. The molecule has 0 aliphatic carbocycles. The number of unbranched alkanes of at least 4 members (excludes halogenated alkanes) is 1. The minimum absolute atomic E-state index is 0.0400. The Labute approximate surface area is 148 Å². The van der Waals surface area contributed by atoms with E-state index in [-0.39, 0.29) is 24.5 Å². The lowest BCUT2D eigenvalue weighted by Crippen LogP contribution is -2.57. The maximum atomic E-state index is 12.9. The molecule has 132 valence electrons. The number of rotatable bonds is 7. The summed E-state index contributed by atoms with van der Waals surface area (Å²) in [5.74, 6) is 0.605. The van der Waals surface area contributed by atoms with Gasteiger partial charge in [0.2, 0.25) is 5.91 Å². The van der Waals surface area contributed by atoms with Gasteiger partial charge in [0.05, 0.1) is 6.61 Å². The fraction of sp³-hybridized carbons (Fsp3) is 0.556. The molecule has 0 aromatic heterocycles. The maximum absolute atomic E-state index is 12.9. The first-order valence-electron chi connectivity index (χ1n) is 8.48. The molecule has 0 bridgehead atoms. The molecule has 0 radical (unpaired) electrons. The third kappa shape index (κ3) is 4.51. The van der Waals surface area contributed by atoms with Crippen LogP contribution in [0.15, 0.2) is 29.2 Å². The number of aliphatic hydroxyl groups excluding tert-OH is 1. The third-order valence-corrected chi connectivity index (χ3v) is 5.26. The molecule has 1 atom stereocenters. The first-order chi connectivity index (χ1) is 11.6. The van der Waals surface area contributed by atoms with Crippen LogP contribution >= 0.6 is 11.8 Å². The zero-order chi connectivity index (χ0) is 17.5. The summed E-state index contributed by atoms with van der Waals surface area (Å²) in [6.07, 6.45) is 2.66. The molecule has 1 heterocycles. The van der Waals surface area contributed by atoms with Crippen LogP contribution in [-0.4, -0.2) is 65.3 Å². The van der Waals surface area contributed by atoms with Crippen LogP contribution in [-0.2, 0) is 4.79 Å². The molecule has 1 aromatic carbocycles. The number of likely N-dealkylation sites (N-methyl/N-ethyl adjacent to an activating group) is 1. The van der Waals surface area contributed by atoms with Crippen molar-refractivity contribution in [3.8, 4) is 0 Å².